The number of aryl methyl sites for hydroxylation is 1. The molecule has 1 aromatic heterocycles. The molecule has 1 aromatic rings. The van der Waals surface area contributed by atoms with E-state index in [1.54, 1.807) is 0 Å². The van der Waals surface area contributed by atoms with Crippen LogP contribution in [-0.4, -0.2) is 6.04 Å². The maximum absolute atomic E-state index is 5.68. The first-order chi connectivity index (χ1) is 7.96. The van der Waals surface area contributed by atoms with Gasteiger partial charge in [-0.2, -0.15) is 0 Å². The Balaban J connectivity index is 1.92. The van der Waals surface area contributed by atoms with Crippen molar-refractivity contribution in [2.75, 3.05) is 0 Å². The Morgan fingerprint density at radius 1 is 1.41 bits per heavy atom. The van der Waals surface area contributed by atoms with Gasteiger partial charge >= 0.3 is 0 Å². The van der Waals surface area contributed by atoms with Crippen molar-refractivity contribution in [1.29, 1.82) is 0 Å². The molecule has 1 saturated carbocycles. The molecule has 96 valence electrons. The predicted molar refractivity (Wildman–Crippen MR) is 71.0 cm³/mol. The molecule has 0 amide bonds. The van der Waals surface area contributed by atoms with Crippen LogP contribution in [0.1, 0.15) is 64.0 Å². The summed E-state index contributed by atoms with van der Waals surface area (Å²) in [5, 5.41) is 3.71. The van der Waals surface area contributed by atoms with Gasteiger partial charge in [-0.15, -0.1) is 0 Å². The molecule has 2 rings (SSSR count). The van der Waals surface area contributed by atoms with Crippen molar-refractivity contribution in [1.82, 2.24) is 5.32 Å². The molecule has 1 aliphatic rings. The summed E-state index contributed by atoms with van der Waals surface area (Å²) in [6.45, 7) is 8.95. The lowest BCUT2D eigenvalue weighted by atomic mass is 9.75. The van der Waals surface area contributed by atoms with Gasteiger partial charge in [0.15, 0.2) is 0 Å². The van der Waals surface area contributed by atoms with Crippen LogP contribution in [0, 0.1) is 12.3 Å². The van der Waals surface area contributed by atoms with Crippen LogP contribution in [-0.2, 0) is 0 Å². The van der Waals surface area contributed by atoms with Gasteiger partial charge in [-0.05, 0) is 50.7 Å². The second-order valence-corrected chi connectivity index (χ2v) is 6.29. The molecule has 0 aliphatic heterocycles. The van der Waals surface area contributed by atoms with Crippen LogP contribution in [0.4, 0.5) is 0 Å². The highest BCUT2D eigenvalue weighted by molar-refractivity contribution is 5.09. The summed E-state index contributed by atoms with van der Waals surface area (Å²) in [6, 6.07) is 5.08. The van der Waals surface area contributed by atoms with Gasteiger partial charge in [-0.25, -0.2) is 0 Å². The average Bonchev–Trinajstić information content (AvgIpc) is 2.63. The molecule has 2 unspecified atom stereocenters. The van der Waals surface area contributed by atoms with Gasteiger partial charge in [0.25, 0.3) is 0 Å². The Morgan fingerprint density at radius 2 is 2.18 bits per heavy atom. The smallest absolute Gasteiger partial charge is 0.120 e. The standard InChI is InChI=1S/C15H25NO/c1-11-7-8-14(17-11)12(2)16-13-6-5-9-15(3,4)10-13/h7-8,12-13,16H,5-6,9-10H2,1-4H3. The quantitative estimate of drug-likeness (QED) is 0.849. The van der Waals surface area contributed by atoms with Gasteiger partial charge in [0.1, 0.15) is 11.5 Å². The van der Waals surface area contributed by atoms with E-state index in [9.17, 15) is 0 Å². The fraction of sp³-hybridized carbons (Fsp3) is 0.733. The minimum atomic E-state index is 0.322. The van der Waals surface area contributed by atoms with E-state index in [-0.39, 0.29) is 0 Å². The van der Waals surface area contributed by atoms with Crippen LogP contribution >= 0.6 is 0 Å². The Labute approximate surface area is 105 Å². The first kappa shape index (κ1) is 12.7. The van der Waals surface area contributed by atoms with E-state index in [1.165, 1.54) is 25.7 Å². The Morgan fingerprint density at radius 3 is 2.76 bits per heavy atom. The lowest BCUT2D eigenvalue weighted by Crippen LogP contribution is -2.38. The number of hydrogen-bond acceptors (Lipinski definition) is 2. The summed E-state index contributed by atoms with van der Waals surface area (Å²) >= 11 is 0. The van der Waals surface area contributed by atoms with Gasteiger partial charge in [-0.3, -0.25) is 0 Å². The van der Waals surface area contributed by atoms with E-state index >= 15 is 0 Å². The van der Waals surface area contributed by atoms with Crippen LogP contribution in [0.5, 0.6) is 0 Å². The Kier molecular flexibility index (Phi) is 3.62. The zero-order valence-electron chi connectivity index (χ0n) is 11.5. The molecule has 17 heavy (non-hydrogen) atoms. The molecule has 0 radical (unpaired) electrons. The van der Waals surface area contributed by atoms with E-state index in [4.69, 9.17) is 4.42 Å². The third kappa shape index (κ3) is 3.35. The SMILES string of the molecule is Cc1ccc(C(C)NC2CCCC(C)(C)C2)o1. The summed E-state index contributed by atoms with van der Waals surface area (Å²) in [7, 11) is 0. The van der Waals surface area contributed by atoms with Crippen LogP contribution in [0.15, 0.2) is 16.5 Å². The highest BCUT2D eigenvalue weighted by Gasteiger charge is 2.28. The summed E-state index contributed by atoms with van der Waals surface area (Å²) in [4.78, 5) is 0. The minimum Gasteiger partial charge on any atom is -0.465 e. The fourth-order valence-electron chi connectivity index (χ4n) is 2.96. The van der Waals surface area contributed by atoms with Gasteiger partial charge in [0, 0.05) is 6.04 Å². The second-order valence-electron chi connectivity index (χ2n) is 6.29. The number of rotatable bonds is 3. The molecule has 2 atom stereocenters. The molecule has 1 N–H and O–H groups in total. The van der Waals surface area contributed by atoms with Crippen LogP contribution in [0.2, 0.25) is 0 Å². The summed E-state index contributed by atoms with van der Waals surface area (Å²) in [5.41, 5.74) is 0.495. The molecule has 0 spiro atoms. The van der Waals surface area contributed by atoms with E-state index < -0.39 is 0 Å². The first-order valence-electron chi connectivity index (χ1n) is 6.79. The molecule has 1 aliphatic carbocycles. The third-order valence-electron chi connectivity index (χ3n) is 3.88. The van der Waals surface area contributed by atoms with Crippen molar-refractivity contribution in [3.8, 4) is 0 Å². The summed E-state index contributed by atoms with van der Waals surface area (Å²) in [5.74, 6) is 2.06. The topological polar surface area (TPSA) is 25.2 Å². The van der Waals surface area contributed by atoms with Crippen molar-refractivity contribution in [2.45, 2.75) is 65.5 Å². The lowest BCUT2D eigenvalue weighted by molar-refractivity contribution is 0.187. The fourth-order valence-corrected chi connectivity index (χ4v) is 2.96. The lowest BCUT2D eigenvalue weighted by Gasteiger charge is -2.36. The molecule has 2 nitrogen and oxygen atoms in total. The van der Waals surface area contributed by atoms with Crippen LogP contribution in [0.25, 0.3) is 0 Å². The molecule has 1 heterocycles. The van der Waals surface area contributed by atoms with Gasteiger partial charge < -0.3 is 9.73 Å². The van der Waals surface area contributed by atoms with E-state index in [2.05, 4.69) is 32.2 Å². The van der Waals surface area contributed by atoms with E-state index in [1.807, 2.05) is 13.0 Å². The Hall–Kier alpha value is -0.760. The average molecular weight is 235 g/mol. The highest BCUT2D eigenvalue weighted by atomic mass is 16.3. The van der Waals surface area contributed by atoms with Crippen molar-refractivity contribution in [3.05, 3.63) is 23.7 Å². The maximum atomic E-state index is 5.68. The number of hydrogen-bond donors (Lipinski definition) is 1. The molecule has 2 heteroatoms. The third-order valence-corrected chi connectivity index (χ3v) is 3.88. The monoisotopic (exact) mass is 235 g/mol. The van der Waals surface area contributed by atoms with Crippen molar-refractivity contribution < 1.29 is 4.42 Å². The van der Waals surface area contributed by atoms with Gasteiger partial charge in [0.05, 0.1) is 6.04 Å². The number of furan rings is 1. The molecular formula is C15H25NO. The molecule has 0 saturated heterocycles. The zero-order valence-corrected chi connectivity index (χ0v) is 11.5. The molecular weight excluding hydrogens is 210 g/mol. The van der Waals surface area contributed by atoms with Crippen molar-refractivity contribution >= 4 is 0 Å². The normalized spacial score (nSPS) is 25.8. The number of nitrogens with one attached hydrogen (secondary N) is 1. The first-order valence-corrected chi connectivity index (χ1v) is 6.79. The minimum absolute atomic E-state index is 0.322. The van der Waals surface area contributed by atoms with Crippen molar-refractivity contribution in [2.24, 2.45) is 5.41 Å². The van der Waals surface area contributed by atoms with Crippen molar-refractivity contribution in [3.63, 3.8) is 0 Å². The van der Waals surface area contributed by atoms with E-state index in [0.717, 1.165) is 11.5 Å². The summed E-state index contributed by atoms with van der Waals surface area (Å²) in [6.07, 6.45) is 5.28. The van der Waals surface area contributed by atoms with Gasteiger partial charge in [0.2, 0.25) is 0 Å². The van der Waals surface area contributed by atoms with Crippen LogP contribution < -0.4 is 5.32 Å². The Bertz CT molecular complexity index is 367. The zero-order chi connectivity index (χ0) is 12.5. The molecule has 1 fully saturated rings. The van der Waals surface area contributed by atoms with Crippen LogP contribution in [0.3, 0.4) is 0 Å². The molecule has 0 bridgehead atoms. The predicted octanol–water partition coefficient (Wildman–Crippen LogP) is 4.21. The maximum Gasteiger partial charge on any atom is 0.120 e. The second kappa shape index (κ2) is 4.85. The largest absolute Gasteiger partial charge is 0.465 e. The molecule has 0 aromatic carbocycles. The van der Waals surface area contributed by atoms with E-state index in [0.29, 0.717) is 17.5 Å². The summed E-state index contributed by atoms with van der Waals surface area (Å²) < 4.78 is 5.68. The highest BCUT2D eigenvalue weighted by Crippen LogP contribution is 2.35. The van der Waals surface area contributed by atoms with Gasteiger partial charge in [-0.1, -0.05) is 20.3 Å².